The predicted octanol–water partition coefficient (Wildman–Crippen LogP) is 3.29. The van der Waals surface area contributed by atoms with Gasteiger partial charge in [-0.2, -0.15) is 0 Å². The lowest BCUT2D eigenvalue weighted by Gasteiger charge is -2.42. The van der Waals surface area contributed by atoms with Crippen molar-refractivity contribution < 1.29 is 29.0 Å². The minimum absolute atomic E-state index is 0.0989. The lowest BCUT2D eigenvalue weighted by Crippen LogP contribution is -2.46. The van der Waals surface area contributed by atoms with E-state index >= 15 is 0 Å². The van der Waals surface area contributed by atoms with Crippen molar-refractivity contribution in [3.05, 3.63) is 64.3 Å². The SMILES string of the molecule is CC1=CC(=O)C2=C(C1=O)C(c1ccc(OCCO)cc1)C1=CCC3C(=O)N(C(C)(C)C)C(=O)C3C1C2. The van der Waals surface area contributed by atoms with E-state index in [1.165, 1.54) is 11.0 Å². The number of hydrogen-bond acceptors (Lipinski definition) is 6. The molecule has 4 aliphatic rings. The van der Waals surface area contributed by atoms with Crippen molar-refractivity contribution in [2.45, 2.75) is 52.0 Å². The van der Waals surface area contributed by atoms with E-state index in [0.717, 1.165) is 11.1 Å². The molecule has 0 radical (unpaired) electrons. The molecule has 7 nitrogen and oxygen atoms in total. The van der Waals surface area contributed by atoms with Gasteiger partial charge in [-0.25, -0.2) is 0 Å². The first-order valence-electron chi connectivity index (χ1n) is 12.5. The highest BCUT2D eigenvalue weighted by Gasteiger charge is 2.58. The van der Waals surface area contributed by atoms with Gasteiger partial charge in [0.2, 0.25) is 11.8 Å². The summed E-state index contributed by atoms with van der Waals surface area (Å²) in [7, 11) is 0. The minimum Gasteiger partial charge on any atom is -0.491 e. The van der Waals surface area contributed by atoms with E-state index in [0.29, 0.717) is 28.9 Å². The van der Waals surface area contributed by atoms with Gasteiger partial charge in [0.25, 0.3) is 0 Å². The molecule has 3 aliphatic carbocycles. The molecule has 4 atom stereocenters. The van der Waals surface area contributed by atoms with Crippen molar-refractivity contribution in [3.63, 3.8) is 0 Å². The molecule has 1 heterocycles. The Kier molecular flexibility index (Phi) is 5.86. The first-order valence-corrected chi connectivity index (χ1v) is 12.5. The number of aliphatic hydroxyl groups is 1. The first kappa shape index (κ1) is 24.4. The van der Waals surface area contributed by atoms with Crippen LogP contribution in [0.1, 0.15) is 52.0 Å². The average Bonchev–Trinajstić information content (AvgIpc) is 3.10. The van der Waals surface area contributed by atoms with Crippen molar-refractivity contribution in [3.8, 4) is 5.75 Å². The molecule has 1 saturated heterocycles. The number of fused-ring (bicyclic) bond motifs is 3. The number of carbonyl (C=O) groups is 4. The Bertz CT molecular complexity index is 1260. The number of rotatable bonds is 4. The number of allylic oxidation sites excluding steroid dienone is 6. The summed E-state index contributed by atoms with van der Waals surface area (Å²) in [5.41, 5.74) is 2.47. The van der Waals surface area contributed by atoms with Crippen LogP contribution in [0.2, 0.25) is 0 Å². The second kappa shape index (κ2) is 8.66. The van der Waals surface area contributed by atoms with E-state index in [9.17, 15) is 19.2 Å². The summed E-state index contributed by atoms with van der Waals surface area (Å²) in [5.74, 6) is -1.90. The van der Waals surface area contributed by atoms with Crippen LogP contribution in [0, 0.1) is 17.8 Å². The van der Waals surface area contributed by atoms with E-state index in [1.807, 2.05) is 39.0 Å². The molecule has 0 bridgehead atoms. The van der Waals surface area contributed by atoms with Gasteiger partial charge in [0.15, 0.2) is 11.6 Å². The molecule has 0 spiro atoms. The number of nitrogens with zero attached hydrogens (tertiary/aromatic N) is 1. The molecule has 5 rings (SSSR count). The second-order valence-corrected chi connectivity index (χ2v) is 11.1. The fourth-order valence-electron chi connectivity index (χ4n) is 6.32. The molecule has 1 aromatic carbocycles. The molecule has 1 fully saturated rings. The summed E-state index contributed by atoms with van der Waals surface area (Å²) >= 11 is 0. The van der Waals surface area contributed by atoms with Crippen molar-refractivity contribution in [2.24, 2.45) is 17.8 Å². The lowest BCUT2D eigenvalue weighted by molar-refractivity contribution is -0.145. The number of likely N-dealkylation sites (tertiary alicyclic amines) is 1. The van der Waals surface area contributed by atoms with Crippen LogP contribution in [0.3, 0.4) is 0 Å². The average molecular weight is 490 g/mol. The van der Waals surface area contributed by atoms with E-state index in [4.69, 9.17) is 9.84 Å². The zero-order valence-corrected chi connectivity index (χ0v) is 21.0. The highest BCUT2D eigenvalue weighted by molar-refractivity contribution is 6.23. The van der Waals surface area contributed by atoms with Crippen molar-refractivity contribution >= 4 is 23.4 Å². The molecule has 4 unspecified atom stereocenters. The van der Waals surface area contributed by atoms with Crippen LogP contribution >= 0.6 is 0 Å². The molecule has 1 aliphatic heterocycles. The van der Waals surface area contributed by atoms with Gasteiger partial charge in [-0.05, 0) is 70.2 Å². The van der Waals surface area contributed by atoms with E-state index in [1.54, 1.807) is 19.1 Å². The number of benzene rings is 1. The monoisotopic (exact) mass is 489 g/mol. The lowest BCUT2D eigenvalue weighted by atomic mass is 9.59. The molecule has 188 valence electrons. The van der Waals surface area contributed by atoms with Crippen LogP contribution in [0.4, 0.5) is 0 Å². The van der Waals surface area contributed by atoms with Crippen LogP contribution in [-0.2, 0) is 19.2 Å². The van der Waals surface area contributed by atoms with Crippen LogP contribution < -0.4 is 4.74 Å². The Balaban J connectivity index is 1.62. The van der Waals surface area contributed by atoms with Crippen LogP contribution in [0.15, 0.2) is 58.7 Å². The zero-order valence-electron chi connectivity index (χ0n) is 21.0. The van der Waals surface area contributed by atoms with Crippen LogP contribution in [-0.4, -0.2) is 52.1 Å². The third-order valence-electron chi connectivity index (χ3n) is 7.81. The molecule has 7 heteroatoms. The van der Waals surface area contributed by atoms with E-state index in [2.05, 4.69) is 0 Å². The van der Waals surface area contributed by atoms with Crippen LogP contribution in [0.5, 0.6) is 5.75 Å². The fraction of sp³-hybridized carbons (Fsp3) is 0.448. The molecule has 2 amide bonds. The highest BCUT2D eigenvalue weighted by atomic mass is 16.5. The normalized spacial score (nSPS) is 28.0. The second-order valence-electron chi connectivity index (χ2n) is 11.1. The molecule has 0 saturated carbocycles. The molecule has 0 aromatic heterocycles. The number of aliphatic hydroxyl groups excluding tert-OH is 1. The summed E-state index contributed by atoms with van der Waals surface area (Å²) in [6, 6.07) is 7.30. The first-order chi connectivity index (χ1) is 17.0. The maximum absolute atomic E-state index is 13.7. The summed E-state index contributed by atoms with van der Waals surface area (Å²) in [4.78, 5) is 54.9. The quantitative estimate of drug-likeness (QED) is 0.396. The summed E-state index contributed by atoms with van der Waals surface area (Å²) < 4.78 is 5.50. The Morgan fingerprint density at radius 3 is 2.36 bits per heavy atom. The third-order valence-corrected chi connectivity index (χ3v) is 7.81. The Hall–Kier alpha value is -3.32. The third kappa shape index (κ3) is 3.68. The zero-order chi connectivity index (χ0) is 25.9. The fourth-order valence-corrected chi connectivity index (χ4v) is 6.32. The number of hydrogen-bond donors (Lipinski definition) is 1. The van der Waals surface area contributed by atoms with Gasteiger partial charge in [-0.1, -0.05) is 23.8 Å². The van der Waals surface area contributed by atoms with E-state index < -0.39 is 23.3 Å². The van der Waals surface area contributed by atoms with Gasteiger partial charge in [0, 0.05) is 28.2 Å². The minimum atomic E-state index is -0.634. The topological polar surface area (TPSA) is 101 Å². The number of amides is 2. The standard InChI is InChI=1S/C29H31NO6/c1-15-13-22(32)21-14-20-18(9-10-19-24(20)28(35)30(27(19)34)29(2,3)4)23(25(21)26(15)33)16-5-7-17(8-6-16)36-12-11-31/h5-9,13,19-20,23-24,31H,10-12,14H2,1-4H3. The van der Waals surface area contributed by atoms with Gasteiger partial charge in [0.1, 0.15) is 12.4 Å². The Labute approximate surface area is 210 Å². The molecule has 1 aromatic rings. The number of ether oxygens (including phenoxy) is 1. The maximum atomic E-state index is 13.7. The molecular formula is C29H31NO6. The van der Waals surface area contributed by atoms with Gasteiger partial charge < -0.3 is 9.84 Å². The summed E-state index contributed by atoms with van der Waals surface area (Å²) in [6.07, 6.45) is 4.13. The Morgan fingerprint density at radius 1 is 1.03 bits per heavy atom. The van der Waals surface area contributed by atoms with Gasteiger partial charge >= 0.3 is 0 Å². The molecular weight excluding hydrogens is 458 g/mol. The number of Topliss-reactive ketones (excluding diaryl/α,β-unsaturated/α-hetero) is 1. The van der Waals surface area contributed by atoms with Crippen molar-refractivity contribution in [1.82, 2.24) is 4.90 Å². The molecule has 1 N–H and O–H groups in total. The highest BCUT2D eigenvalue weighted by Crippen LogP contribution is 2.55. The number of ketones is 2. The summed E-state index contributed by atoms with van der Waals surface area (Å²) in [5, 5.41) is 9.04. The summed E-state index contributed by atoms with van der Waals surface area (Å²) in [6.45, 7) is 7.30. The van der Waals surface area contributed by atoms with Gasteiger partial charge in [0.05, 0.1) is 18.4 Å². The van der Waals surface area contributed by atoms with Crippen LogP contribution in [0.25, 0.3) is 0 Å². The predicted molar refractivity (Wildman–Crippen MR) is 132 cm³/mol. The van der Waals surface area contributed by atoms with Crippen molar-refractivity contribution in [1.29, 1.82) is 0 Å². The van der Waals surface area contributed by atoms with Gasteiger partial charge in [-0.15, -0.1) is 0 Å². The van der Waals surface area contributed by atoms with E-state index in [-0.39, 0.29) is 48.9 Å². The van der Waals surface area contributed by atoms with Gasteiger partial charge in [-0.3, -0.25) is 24.1 Å². The Morgan fingerprint density at radius 2 is 1.72 bits per heavy atom. The number of carbonyl (C=O) groups excluding carboxylic acids is 4. The smallest absolute Gasteiger partial charge is 0.234 e. The number of imide groups is 1. The van der Waals surface area contributed by atoms with Crippen molar-refractivity contribution in [2.75, 3.05) is 13.2 Å². The molecule has 36 heavy (non-hydrogen) atoms. The maximum Gasteiger partial charge on any atom is 0.234 e. The largest absolute Gasteiger partial charge is 0.491 e.